The van der Waals surface area contributed by atoms with Gasteiger partial charge in [0.05, 0.1) is 6.54 Å². The van der Waals surface area contributed by atoms with Crippen LogP contribution in [0.3, 0.4) is 0 Å². The van der Waals surface area contributed by atoms with Gasteiger partial charge in [0, 0.05) is 11.8 Å². The number of nitrogens with one attached hydrogen (secondary N) is 2. The van der Waals surface area contributed by atoms with E-state index in [-0.39, 0.29) is 12.5 Å². The molecule has 1 amide bonds. The monoisotopic (exact) mass is 273 g/mol. The second-order valence-corrected chi connectivity index (χ2v) is 4.97. The van der Waals surface area contributed by atoms with Crippen molar-refractivity contribution in [1.82, 2.24) is 5.16 Å². The molecule has 2 aromatic rings. The van der Waals surface area contributed by atoms with E-state index in [1.807, 2.05) is 18.2 Å². The van der Waals surface area contributed by atoms with Gasteiger partial charge in [-0.15, -0.1) is 0 Å². The molecule has 106 valence electrons. The smallest absolute Gasteiger partial charge is 0.244 e. The standard InChI is InChI=1S/C15H19N3O2/c1-10(2)12-6-4-5-7-13(12)16-9-15(19)17-14-8-11(3)20-18-14/h4-8,10,16H,9H2,1-3H3,(H,17,18,19). The van der Waals surface area contributed by atoms with E-state index in [2.05, 4.69) is 35.7 Å². The summed E-state index contributed by atoms with van der Waals surface area (Å²) >= 11 is 0. The normalized spacial score (nSPS) is 10.6. The first kappa shape index (κ1) is 14.1. The number of rotatable bonds is 5. The van der Waals surface area contributed by atoms with Crippen molar-refractivity contribution >= 4 is 17.4 Å². The van der Waals surface area contributed by atoms with Crippen LogP contribution in [0.15, 0.2) is 34.9 Å². The van der Waals surface area contributed by atoms with Gasteiger partial charge in [-0.25, -0.2) is 0 Å². The second-order valence-electron chi connectivity index (χ2n) is 4.97. The van der Waals surface area contributed by atoms with Gasteiger partial charge < -0.3 is 15.2 Å². The molecule has 5 heteroatoms. The van der Waals surface area contributed by atoms with Gasteiger partial charge >= 0.3 is 0 Å². The third kappa shape index (κ3) is 3.60. The third-order valence-corrected chi connectivity index (χ3v) is 2.92. The molecular formula is C15H19N3O2. The van der Waals surface area contributed by atoms with Crippen LogP contribution in [-0.2, 0) is 4.79 Å². The Morgan fingerprint density at radius 2 is 2.10 bits per heavy atom. The van der Waals surface area contributed by atoms with E-state index in [1.165, 1.54) is 5.56 Å². The van der Waals surface area contributed by atoms with Gasteiger partial charge in [-0.3, -0.25) is 4.79 Å². The molecule has 2 N–H and O–H groups in total. The molecule has 1 aromatic carbocycles. The van der Waals surface area contributed by atoms with Crippen LogP contribution < -0.4 is 10.6 Å². The van der Waals surface area contributed by atoms with Crippen LogP contribution >= 0.6 is 0 Å². The molecule has 0 aliphatic rings. The summed E-state index contributed by atoms with van der Waals surface area (Å²) in [4.78, 5) is 11.8. The molecule has 0 radical (unpaired) electrons. The lowest BCUT2D eigenvalue weighted by atomic mass is 10.0. The van der Waals surface area contributed by atoms with Crippen LogP contribution in [0.1, 0.15) is 31.1 Å². The maximum absolute atomic E-state index is 11.8. The molecule has 0 aliphatic heterocycles. The second kappa shape index (κ2) is 6.23. The molecule has 0 bridgehead atoms. The molecule has 2 rings (SSSR count). The van der Waals surface area contributed by atoms with Gasteiger partial charge in [0.2, 0.25) is 5.91 Å². The summed E-state index contributed by atoms with van der Waals surface area (Å²) in [5.41, 5.74) is 2.17. The predicted molar refractivity (Wildman–Crippen MR) is 78.9 cm³/mol. The Morgan fingerprint density at radius 3 is 2.75 bits per heavy atom. The highest BCUT2D eigenvalue weighted by atomic mass is 16.5. The summed E-state index contributed by atoms with van der Waals surface area (Å²) in [5.74, 6) is 1.35. The lowest BCUT2D eigenvalue weighted by molar-refractivity contribution is -0.114. The molecule has 0 aliphatic carbocycles. The molecule has 0 unspecified atom stereocenters. The van der Waals surface area contributed by atoms with Gasteiger partial charge in [-0.05, 0) is 24.5 Å². The van der Waals surface area contributed by atoms with Crippen LogP contribution in [0.4, 0.5) is 11.5 Å². The number of anilines is 2. The number of amides is 1. The maximum Gasteiger partial charge on any atom is 0.244 e. The number of carbonyl (C=O) groups is 1. The Kier molecular flexibility index (Phi) is 4.40. The topological polar surface area (TPSA) is 67.2 Å². The SMILES string of the molecule is Cc1cc(NC(=O)CNc2ccccc2C(C)C)no1. The highest BCUT2D eigenvalue weighted by Crippen LogP contribution is 2.23. The molecule has 0 atom stereocenters. The van der Waals surface area contributed by atoms with Crippen molar-refractivity contribution in [3.8, 4) is 0 Å². The van der Waals surface area contributed by atoms with Gasteiger partial charge in [-0.1, -0.05) is 37.2 Å². The van der Waals surface area contributed by atoms with E-state index in [0.717, 1.165) is 5.69 Å². The Labute approximate surface area is 118 Å². The van der Waals surface area contributed by atoms with Gasteiger partial charge in [0.15, 0.2) is 5.82 Å². The molecule has 1 heterocycles. The minimum atomic E-state index is -0.156. The number of nitrogens with zero attached hydrogens (tertiary/aromatic N) is 1. The number of hydrogen-bond acceptors (Lipinski definition) is 4. The van der Waals surface area contributed by atoms with Crippen LogP contribution in [0.2, 0.25) is 0 Å². The minimum Gasteiger partial charge on any atom is -0.376 e. The van der Waals surface area contributed by atoms with E-state index in [1.54, 1.807) is 13.0 Å². The van der Waals surface area contributed by atoms with Crippen LogP contribution in [0.5, 0.6) is 0 Å². The predicted octanol–water partition coefficient (Wildman–Crippen LogP) is 3.16. The van der Waals surface area contributed by atoms with Crippen molar-refractivity contribution < 1.29 is 9.32 Å². The molecule has 1 aromatic heterocycles. The highest BCUT2D eigenvalue weighted by Gasteiger charge is 2.09. The first-order valence-electron chi connectivity index (χ1n) is 6.62. The first-order valence-corrected chi connectivity index (χ1v) is 6.62. The molecule has 0 saturated carbocycles. The fourth-order valence-electron chi connectivity index (χ4n) is 1.95. The fourth-order valence-corrected chi connectivity index (χ4v) is 1.95. The van der Waals surface area contributed by atoms with E-state index < -0.39 is 0 Å². The quantitative estimate of drug-likeness (QED) is 0.878. The van der Waals surface area contributed by atoms with Crippen LogP contribution in [0, 0.1) is 6.92 Å². The van der Waals surface area contributed by atoms with E-state index in [4.69, 9.17) is 4.52 Å². The van der Waals surface area contributed by atoms with Crippen molar-refractivity contribution in [2.24, 2.45) is 0 Å². The number of carbonyl (C=O) groups excluding carboxylic acids is 1. The zero-order valence-corrected chi connectivity index (χ0v) is 11.9. The zero-order valence-electron chi connectivity index (χ0n) is 11.9. The minimum absolute atomic E-state index is 0.156. The molecular weight excluding hydrogens is 254 g/mol. The molecule has 20 heavy (non-hydrogen) atoms. The Balaban J connectivity index is 1.93. The lowest BCUT2D eigenvalue weighted by Gasteiger charge is -2.14. The fraction of sp³-hybridized carbons (Fsp3) is 0.333. The Hall–Kier alpha value is -2.30. The average molecular weight is 273 g/mol. The summed E-state index contributed by atoms with van der Waals surface area (Å²) in [5, 5.41) is 9.55. The average Bonchev–Trinajstić information content (AvgIpc) is 2.82. The summed E-state index contributed by atoms with van der Waals surface area (Å²) in [6.07, 6.45) is 0. The largest absolute Gasteiger partial charge is 0.376 e. The van der Waals surface area contributed by atoms with Crippen molar-refractivity contribution in [1.29, 1.82) is 0 Å². The number of hydrogen-bond donors (Lipinski definition) is 2. The van der Waals surface area contributed by atoms with E-state index in [9.17, 15) is 4.79 Å². The van der Waals surface area contributed by atoms with Crippen LogP contribution in [0.25, 0.3) is 0 Å². The molecule has 5 nitrogen and oxygen atoms in total. The number of aryl methyl sites for hydroxylation is 1. The first-order chi connectivity index (χ1) is 9.56. The van der Waals surface area contributed by atoms with Crippen LogP contribution in [-0.4, -0.2) is 17.6 Å². The summed E-state index contributed by atoms with van der Waals surface area (Å²) in [6.45, 7) is 6.22. The Bertz CT molecular complexity index is 590. The van der Waals surface area contributed by atoms with Gasteiger partial charge in [0.25, 0.3) is 0 Å². The zero-order chi connectivity index (χ0) is 14.5. The molecule has 0 fully saturated rings. The number of benzene rings is 1. The summed E-state index contributed by atoms with van der Waals surface area (Å²) < 4.78 is 4.89. The molecule has 0 saturated heterocycles. The van der Waals surface area contributed by atoms with E-state index >= 15 is 0 Å². The Morgan fingerprint density at radius 1 is 1.35 bits per heavy atom. The van der Waals surface area contributed by atoms with Gasteiger partial charge in [-0.2, -0.15) is 0 Å². The number of aromatic nitrogens is 1. The van der Waals surface area contributed by atoms with Crippen molar-refractivity contribution in [2.75, 3.05) is 17.2 Å². The lowest BCUT2D eigenvalue weighted by Crippen LogP contribution is -2.22. The van der Waals surface area contributed by atoms with Crippen molar-refractivity contribution in [3.63, 3.8) is 0 Å². The summed E-state index contributed by atoms with van der Waals surface area (Å²) in [7, 11) is 0. The van der Waals surface area contributed by atoms with Gasteiger partial charge in [0.1, 0.15) is 5.76 Å². The maximum atomic E-state index is 11.8. The summed E-state index contributed by atoms with van der Waals surface area (Å²) in [6, 6.07) is 9.67. The van der Waals surface area contributed by atoms with E-state index in [0.29, 0.717) is 17.5 Å². The van der Waals surface area contributed by atoms with Crippen molar-refractivity contribution in [3.05, 3.63) is 41.7 Å². The number of para-hydroxylation sites is 1. The molecule has 0 spiro atoms. The van der Waals surface area contributed by atoms with Crippen molar-refractivity contribution in [2.45, 2.75) is 26.7 Å². The highest BCUT2D eigenvalue weighted by molar-refractivity contribution is 5.93. The third-order valence-electron chi connectivity index (χ3n) is 2.92.